The summed E-state index contributed by atoms with van der Waals surface area (Å²) in [4.78, 5) is 10.6. The first-order chi connectivity index (χ1) is 9.02. The summed E-state index contributed by atoms with van der Waals surface area (Å²) in [6, 6.07) is 5.25. The second-order valence-electron chi connectivity index (χ2n) is 7.29. The van der Waals surface area contributed by atoms with Crippen LogP contribution in [0.1, 0.15) is 52.2 Å². The van der Waals surface area contributed by atoms with Gasteiger partial charge in [0.05, 0.1) is 4.92 Å². The van der Waals surface area contributed by atoms with Crippen LogP contribution in [0.3, 0.4) is 0 Å². The molecule has 112 valence electrons. The van der Waals surface area contributed by atoms with Crippen molar-refractivity contribution in [1.29, 1.82) is 0 Å². The molecule has 0 fully saturated rings. The molecule has 0 aliphatic heterocycles. The van der Waals surface area contributed by atoms with Gasteiger partial charge in [-0.15, -0.1) is 0 Å². The van der Waals surface area contributed by atoms with E-state index in [9.17, 15) is 10.1 Å². The Labute approximate surface area is 121 Å². The predicted octanol–water partition coefficient (Wildman–Crippen LogP) is 4.21. The Morgan fingerprint density at radius 1 is 1.20 bits per heavy atom. The molecule has 0 heterocycles. The lowest BCUT2D eigenvalue weighted by molar-refractivity contribution is -0.385. The molecule has 0 bridgehead atoms. The van der Waals surface area contributed by atoms with Crippen molar-refractivity contribution in [3.05, 3.63) is 39.4 Å². The quantitative estimate of drug-likeness (QED) is 0.648. The Balaban J connectivity index is 2.80. The third-order valence-corrected chi connectivity index (χ3v) is 3.34. The molecule has 0 amide bonds. The molecule has 0 spiro atoms. The Morgan fingerprint density at radius 3 is 2.30 bits per heavy atom. The summed E-state index contributed by atoms with van der Waals surface area (Å²) in [6.07, 6.45) is 1.04. The molecule has 0 saturated heterocycles. The third kappa shape index (κ3) is 4.93. The highest BCUT2D eigenvalue weighted by atomic mass is 16.6. The largest absolute Gasteiger partial charge is 0.308 e. The minimum atomic E-state index is -0.320. The summed E-state index contributed by atoms with van der Waals surface area (Å²) in [5, 5.41) is 14.5. The average Bonchev–Trinajstić information content (AvgIpc) is 2.24. The van der Waals surface area contributed by atoms with Gasteiger partial charge in [0.1, 0.15) is 0 Å². The normalized spacial score (nSPS) is 12.5. The van der Waals surface area contributed by atoms with Gasteiger partial charge in [0.2, 0.25) is 0 Å². The van der Waals surface area contributed by atoms with Gasteiger partial charge in [-0.2, -0.15) is 0 Å². The van der Waals surface area contributed by atoms with Gasteiger partial charge in [-0.1, -0.05) is 32.9 Å². The van der Waals surface area contributed by atoms with E-state index in [-0.39, 0.29) is 21.6 Å². The lowest BCUT2D eigenvalue weighted by Gasteiger charge is -2.33. The van der Waals surface area contributed by atoms with Gasteiger partial charge < -0.3 is 5.32 Å². The molecule has 1 N–H and O–H groups in total. The van der Waals surface area contributed by atoms with E-state index in [0.29, 0.717) is 6.54 Å². The van der Waals surface area contributed by atoms with Crippen LogP contribution in [0.25, 0.3) is 0 Å². The maximum Gasteiger partial charge on any atom is 0.272 e. The van der Waals surface area contributed by atoms with Gasteiger partial charge in [-0.3, -0.25) is 10.1 Å². The summed E-state index contributed by atoms with van der Waals surface area (Å²) >= 11 is 0. The molecule has 0 radical (unpaired) electrons. The molecule has 1 aromatic carbocycles. The highest BCUT2D eigenvalue weighted by Gasteiger charge is 2.25. The van der Waals surface area contributed by atoms with Crippen LogP contribution in [0, 0.1) is 22.5 Å². The molecule has 1 rings (SSSR count). The van der Waals surface area contributed by atoms with Crippen LogP contribution in [0.5, 0.6) is 0 Å². The molecular weight excluding hydrogens is 252 g/mol. The zero-order chi connectivity index (χ0) is 15.6. The maximum atomic E-state index is 10.9. The molecule has 0 aliphatic carbocycles. The van der Waals surface area contributed by atoms with Gasteiger partial charge in [0.15, 0.2) is 0 Å². The number of benzene rings is 1. The molecule has 0 aromatic heterocycles. The number of nitro groups is 1. The fraction of sp³-hybridized carbons (Fsp3) is 0.625. The number of nitrogens with one attached hydrogen (secondary N) is 1. The Kier molecular flexibility index (Phi) is 4.92. The van der Waals surface area contributed by atoms with E-state index in [2.05, 4.69) is 39.9 Å². The summed E-state index contributed by atoms with van der Waals surface area (Å²) in [6.45, 7) is 13.5. The van der Waals surface area contributed by atoms with Crippen LogP contribution in [0.2, 0.25) is 0 Å². The lowest BCUT2D eigenvalue weighted by atomic mass is 9.81. The van der Waals surface area contributed by atoms with E-state index in [0.717, 1.165) is 17.5 Å². The second-order valence-corrected chi connectivity index (χ2v) is 7.29. The Hall–Kier alpha value is -1.42. The Morgan fingerprint density at radius 2 is 1.80 bits per heavy atom. The number of rotatable bonds is 5. The van der Waals surface area contributed by atoms with E-state index in [1.165, 1.54) is 0 Å². The summed E-state index contributed by atoms with van der Waals surface area (Å²) in [7, 11) is 0. The first kappa shape index (κ1) is 16.6. The fourth-order valence-electron chi connectivity index (χ4n) is 2.78. The van der Waals surface area contributed by atoms with Crippen molar-refractivity contribution in [2.24, 2.45) is 5.41 Å². The van der Waals surface area contributed by atoms with E-state index in [1.54, 1.807) is 12.1 Å². The minimum Gasteiger partial charge on any atom is -0.308 e. The topological polar surface area (TPSA) is 55.2 Å². The van der Waals surface area contributed by atoms with Crippen LogP contribution in [0.15, 0.2) is 18.2 Å². The van der Waals surface area contributed by atoms with E-state index < -0.39 is 0 Å². The number of hydrogen-bond acceptors (Lipinski definition) is 3. The van der Waals surface area contributed by atoms with Gasteiger partial charge in [-0.25, -0.2) is 0 Å². The van der Waals surface area contributed by atoms with Gasteiger partial charge in [0.25, 0.3) is 5.69 Å². The maximum absolute atomic E-state index is 10.9. The van der Waals surface area contributed by atoms with Crippen molar-refractivity contribution in [2.75, 3.05) is 0 Å². The van der Waals surface area contributed by atoms with Crippen LogP contribution in [-0.4, -0.2) is 10.5 Å². The minimum absolute atomic E-state index is 0.00465. The van der Waals surface area contributed by atoms with E-state index in [1.807, 2.05) is 13.0 Å². The SMILES string of the molecule is Cc1c(CNC(C)(C)CC(C)(C)C)cccc1[N+](=O)[O-]. The molecular formula is C16H26N2O2. The van der Waals surface area contributed by atoms with Crippen molar-refractivity contribution in [1.82, 2.24) is 5.32 Å². The van der Waals surface area contributed by atoms with Crippen molar-refractivity contribution in [3.8, 4) is 0 Å². The van der Waals surface area contributed by atoms with E-state index in [4.69, 9.17) is 0 Å². The molecule has 20 heavy (non-hydrogen) atoms. The van der Waals surface area contributed by atoms with Crippen molar-refractivity contribution < 1.29 is 4.92 Å². The number of hydrogen-bond donors (Lipinski definition) is 1. The molecule has 0 unspecified atom stereocenters. The summed E-state index contributed by atoms with van der Waals surface area (Å²) < 4.78 is 0. The van der Waals surface area contributed by atoms with Crippen LogP contribution in [-0.2, 0) is 6.54 Å². The van der Waals surface area contributed by atoms with Crippen LogP contribution < -0.4 is 5.32 Å². The standard InChI is InChI=1S/C16H26N2O2/c1-12-13(8-7-9-14(12)18(19)20)10-17-16(5,6)11-15(2,3)4/h7-9,17H,10-11H2,1-6H3. The summed E-state index contributed by atoms with van der Waals surface area (Å²) in [5.41, 5.74) is 2.17. The van der Waals surface area contributed by atoms with Gasteiger partial charge in [0, 0.05) is 23.7 Å². The molecule has 0 atom stereocenters. The molecule has 0 saturated carbocycles. The number of nitro benzene ring substituents is 1. The Bertz CT molecular complexity index is 488. The van der Waals surface area contributed by atoms with Crippen molar-refractivity contribution in [2.45, 2.75) is 60.0 Å². The molecule has 4 heteroatoms. The third-order valence-electron chi connectivity index (χ3n) is 3.34. The molecule has 4 nitrogen and oxygen atoms in total. The zero-order valence-corrected chi connectivity index (χ0v) is 13.4. The van der Waals surface area contributed by atoms with Crippen LogP contribution in [0.4, 0.5) is 5.69 Å². The lowest BCUT2D eigenvalue weighted by Crippen LogP contribution is -2.41. The first-order valence-corrected chi connectivity index (χ1v) is 7.00. The van der Waals surface area contributed by atoms with Crippen molar-refractivity contribution in [3.63, 3.8) is 0 Å². The van der Waals surface area contributed by atoms with Crippen LogP contribution >= 0.6 is 0 Å². The predicted molar refractivity (Wildman–Crippen MR) is 82.8 cm³/mol. The monoisotopic (exact) mass is 278 g/mol. The average molecular weight is 278 g/mol. The van der Waals surface area contributed by atoms with Gasteiger partial charge in [-0.05, 0) is 38.2 Å². The highest BCUT2D eigenvalue weighted by Crippen LogP contribution is 2.28. The smallest absolute Gasteiger partial charge is 0.272 e. The highest BCUT2D eigenvalue weighted by molar-refractivity contribution is 5.44. The first-order valence-electron chi connectivity index (χ1n) is 7.00. The molecule has 1 aromatic rings. The fourth-order valence-corrected chi connectivity index (χ4v) is 2.78. The number of nitrogens with zero attached hydrogens (tertiary/aromatic N) is 1. The second kappa shape index (κ2) is 5.92. The van der Waals surface area contributed by atoms with Gasteiger partial charge >= 0.3 is 0 Å². The molecule has 0 aliphatic rings. The zero-order valence-electron chi connectivity index (χ0n) is 13.4. The van der Waals surface area contributed by atoms with Crippen molar-refractivity contribution >= 4 is 5.69 Å². The summed E-state index contributed by atoms with van der Waals surface area (Å²) in [5.74, 6) is 0. The van der Waals surface area contributed by atoms with E-state index >= 15 is 0 Å².